The second-order valence-electron chi connectivity index (χ2n) is 5.51. The predicted molar refractivity (Wildman–Crippen MR) is 79.2 cm³/mol. The summed E-state index contributed by atoms with van der Waals surface area (Å²) >= 11 is 1.45. The zero-order valence-corrected chi connectivity index (χ0v) is 12.7. The van der Waals surface area contributed by atoms with Crippen molar-refractivity contribution in [1.82, 2.24) is 0 Å². The lowest BCUT2D eigenvalue weighted by molar-refractivity contribution is -0.148. The summed E-state index contributed by atoms with van der Waals surface area (Å²) in [7, 11) is 1.36. The van der Waals surface area contributed by atoms with E-state index in [1.54, 1.807) is 0 Å². The molecule has 0 aliphatic carbocycles. The SMILES string of the molecule is COC(=O)C[C@]1(Sc2ccccc2)C(=O)C[C@H]2CC[C@@H]1O2. The van der Waals surface area contributed by atoms with Gasteiger partial charge >= 0.3 is 5.97 Å². The van der Waals surface area contributed by atoms with Crippen LogP contribution in [0.2, 0.25) is 0 Å². The first-order chi connectivity index (χ1) is 10.1. The molecule has 2 heterocycles. The summed E-state index contributed by atoms with van der Waals surface area (Å²) in [6.45, 7) is 0. The summed E-state index contributed by atoms with van der Waals surface area (Å²) in [6.07, 6.45) is 2.02. The molecule has 0 N–H and O–H groups in total. The average Bonchev–Trinajstić information content (AvgIpc) is 2.91. The summed E-state index contributed by atoms with van der Waals surface area (Å²) in [5.41, 5.74) is 0. The Morgan fingerprint density at radius 1 is 1.38 bits per heavy atom. The first-order valence-electron chi connectivity index (χ1n) is 7.14. The Kier molecular flexibility index (Phi) is 4.04. The molecule has 2 saturated heterocycles. The number of methoxy groups -OCH3 is 1. The Balaban J connectivity index is 1.94. The molecular formula is C16H18O4S. The molecule has 112 valence electrons. The number of Topliss-reactive ketones (excluding diaryl/α,β-unsaturated/α-hetero) is 1. The van der Waals surface area contributed by atoms with E-state index in [1.807, 2.05) is 30.3 Å². The molecule has 0 saturated carbocycles. The van der Waals surface area contributed by atoms with Crippen LogP contribution in [0.4, 0.5) is 0 Å². The van der Waals surface area contributed by atoms with Crippen molar-refractivity contribution >= 4 is 23.5 Å². The number of benzene rings is 1. The van der Waals surface area contributed by atoms with Crippen LogP contribution in [0.3, 0.4) is 0 Å². The van der Waals surface area contributed by atoms with Crippen LogP contribution in [-0.2, 0) is 19.1 Å². The van der Waals surface area contributed by atoms with Crippen molar-refractivity contribution < 1.29 is 19.1 Å². The summed E-state index contributed by atoms with van der Waals surface area (Å²) in [5, 5.41) is 0. The standard InChI is InChI=1S/C16H18O4S/c1-19-15(18)10-16(21-12-5-3-2-4-6-12)13(17)9-11-7-8-14(16)20-11/h2-6,11,14H,7-10H2,1H3/t11-,14+,16+/m1/s1. The topological polar surface area (TPSA) is 52.6 Å². The highest BCUT2D eigenvalue weighted by atomic mass is 32.2. The molecule has 0 radical (unpaired) electrons. The van der Waals surface area contributed by atoms with Gasteiger partial charge in [-0.2, -0.15) is 0 Å². The smallest absolute Gasteiger partial charge is 0.307 e. The van der Waals surface area contributed by atoms with E-state index in [9.17, 15) is 9.59 Å². The maximum atomic E-state index is 12.7. The molecule has 2 fully saturated rings. The summed E-state index contributed by atoms with van der Waals surface area (Å²) in [6, 6.07) is 9.71. The number of carbonyl (C=O) groups excluding carboxylic acids is 2. The van der Waals surface area contributed by atoms with E-state index < -0.39 is 4.75 Å². The highest BCUT2D eigenvalue weighted by Gasteiger charge is 2.55. The third kappa shape index (κ3) is 2.72. The van der Waals surface area contributed by atoms with Crippen molar-refractivity contribution in [3.63, 3.8) is 0 Å². The molecule has 21 heavy (non-hydrogen) atoms. The number of hydrogen-bond donors (Lipinski definition) is 0. The zero-order valence-electron chi connectivity index (χ0n) is 11.9. The Bertz CT molecular complexity index is 544. The highest BCUT2D eigenvalue weighted by Crippen LogP contribution is 2.49. The summed E-state index contributed by atoms with van der Waals surface area (Å²) in [4.78, 5) is 25.6. The van der Waals surface area contributed by atoms with Gasteiger partial charge in [-0.05, 0) is 25.0 Å². The monoisotopic (exact) mass is 306 g/mol. The van der Waals surface area contributed by atoms with Crippen LogP contribution in [0, 0.1) is 0 Å². The number of ether oxygens (including phenoxy) is 2. The van der Waals surface area contributed by atoms with Gasteiger partial charge in [-0.1, -0.05) is 18.2 Å². The van der Waals surface area contributed by atoms with E-state index in [4.69, 9.17) is 9.47 Å². The fourth-order valence-electron chi connectivity index (χ4n) is 3.11. The number of rotatable bonds is 4. The Hall–Kier alpha value is -1.33. The van der Waals surface area contributed by atoms with Gasteiger partial charge in [0, 0.05) is 11.3 Å². The lowest BCUT2D eigenvalue weighted by Gasteiger charge is -2.39. The number of carbonyl (C=O) groups is 2. The van der Waals surface area contributed by atoms with Gasteiger partial charge in [0.05, 0.1) is 25.7 Å². The Labute approximate surface area is 128 Å². The van der Waals surface area contributed by atoms with E-state index in [0.717, 1.165) is 17.7 Å². The minimum absolute atomic E-state index is 0.0321. The van der Waals surface area contributed by atoms with Crippen LogP contribution >= 0.6 is 11.8 Å². The van der Waals surface area contributed by atoms with Crippen molar-refractivity contribution in [3.8, 4) is 0 Å². The van der Waals surface area contributed by atoms with Gasteiger partial charge in [0.2, 0.25) is 0 Å². The van der Waals surface area contributed by atoms with E-state index in [2.05, 4.69) is 0 Å². The van der Waals surface area contributed by atoms with E-state index in [-0.39, 0.29) is 30.4 Å². The van der Waals surface area contributed by atoms with Gasteiger partial charge < -0.3 is 9.47 Å². The molecule has 0 unspecified atom stereocenters. The van der Waals surface area contributed by atoms with Crippen LogP contribution in [0.15, 0.2) is 35.2 Å². The normalized spacial score (nSPS) is 31.2. The molecule has 1 aromatic carbocycles. The lowest BCUT2D eigenvalue weighted by Crippen LogP contribution is -2.52. The zero-order chi connectivity index (χ0) is 14.9. The first kappa shape index (κ1) is 14.6. The third-order valence-electron chi connectivity index (χ3n) is 4.19. The largest absolute Gasteiger partial charge is 0.469 e. The minimum atomic E-state index is -0.846. The number of fused-ring (bicyclic) bond motifs is 2. The first-order valence-corrected chi connectivity index (χ1v) is 7.95. The molecule has 3 rings (SSSR count). The molecule has 2 aliphatic rings. The Morgan fingerprint density at radius 2 is 2.14 bits per heavy atom. The van der Waals surface area contributed by atoms with Crippen LogP contribution in [0.25, 0.3) is 0 Å². The third-order valence-corrected chi connectivity index (χ3v) is 5.70. The summed E-state index contributed by atoms with van der Waals surface area (Å²) < 4.78 is 9.92. The minimum Gasteiger partial charge on any atom is -0.469 e. The second-order valence-corrected chi connectivity index (χ2v) is 6.91. The van der Waals surface area contributed by atoms with Gasteiger partial charge in [0.15, 0.2) is 5.78 Å². The number of thioether (sulfide) groups is 1. The quantitative estimate of drug-likeness (QED) is 0.800. The molecule has 1 aromatic rings. The molecule has 0 spiro atoms. The predicted octanol–water partition coefficient (Wildman–Crippen LogP) is 2.60. The fraction of sp³-hybridized carbons (Fsp3) is 0.500. The van der Waals surface area contributed by atoms with E-state index in [1.165, 1.54) is 18.9 Å². The molecule has 3 atom stereocenters. The molecule has 5 heteroatoms. The number of ketones is 1. The Morgan fingerprint density at radius 3 is 2.86 bits per heavy atom. The van der Waals surface area contributed by atoms with Gasteiger partial charge in [-0.3, -0.25) is 9.59 Å². The van der Waals surface area contributed by atoms with Crippen molar-refractivity contribution in [1.29, 1.82) is 0 Å². The molecule has 0 aromatic heterocycles. The van der Waals surface area contributed by atoms with Gasteiger partial charge in [-0.15, -0.1) is 11.8 Å². The van der Waals surface area contributed by atoms with Crippen molar-refractivity contribution in [2.75, 3.05) is 7.11 Å². The van der Waals surface area contributed by atoms with Crippen LogP contribution in [0.5, 0.6) is 0 Å². The van der Waals surface area contributed by atoms with Gasteiger partial charge in [0.25, 0.3) is 0 Å². The average molecular weight is 306 g/mol. The van der Waals surface area contributed by atoms with Crippen LogP contribution in [0.1, 0.15) is 25.7 Å². The van der Waals surface area contributed by atoms with E-state index in [0.29, 0.717) is 6.42 Å². The second kappa shape index (κ2) is 5.81. The highest BCUT2D eigenvalue weighted by molar-refractivity contribution is 8.01. The molecule has 4 nitrogen and oxygen atoms in total. The molecule has 2 bridgehead atoms. The van der Waals surface area contributed by atoms with Crippen LogP contribution < -0.4 is 0 Å². The van der Waals surface area contributed by atoms with Crippen molar-refractivity contribution in [2.45, 2.75) is 47.5 Å². The number of hydrogen-bond acceptors (Lipinski definition) is 5. The maximum Gasteiger partial charge on any atom is 0.307 e. The fourth-order valence-corrected chi connectivity index (χ4v) is 4.52. The molecular weight excluding hydrogens is 288 g/mol. The van der Waals surface area contributed by atoms with Gasteiger partial charge in [-0.25, -0.2) is 0 Å². The molecule has 2 aliphatic heterocycles. The molecule has 0 amide bonds. The van der Waals surface area contributed by atoms with Crippen molar-refractivity contribution in [3.05, 3.63) is 30.3 Å². The summed E-state index contributed by atoms with van der Waals surface area (Å²) in [5.74, 6) is -0.249. The van der Waals surface area contributed by atoms with Gasteiger partial charge in [0.1, 0.15) is 4.75 Å². The van der Waals surface area contributed by atoms with Crippen molar-refractivity contribution in [2.24, 2.45) is 0 Å². The lowest BCUT2D eigenvalue weighted by atomic mass is 9.89. The number of esters is 1. The van der Waals surface area contributed by atoms with Crippen LogP contribution in [-0.4, -0.2) is 35.8 Å². The van der Waals surface area contributed by atoms with E-state index >= 15 is 0 Å². The maximum absolute atomic E-state index is 12.7.